The Balaban J connectivity index is 1.44. The van der Waals surface area contributed by atoms with E-state index < -0.39 is 38.1 Å². The van der Waals surface area contributed by atoms with Crippen LogP contribution in [0, 0.1) is 0 Å². The lowest BCUT2D eigenvalue weighted by Gasteiger charge is -2.25. The maximum Gasteiger partial charge on any atom is 0.474 e. The SMILES string of the molecule is COP(=O)(OC)OC[C@H]1O[C@@H](n2cnc3c(NC4CCCC4)nc(Cl)nc32)[C@@H]2OC(C)(C)O[C@@H]21. The predicted molar refractivity (Wildman–Crippen MR) is 122 cm³/mol. The van der Waals surface area contributed by atoms with E-state index in [0.717, 1.165) is 12.8 Å². The number of halogens is 1. The van der Waals surface area contributed by atoms with Gasteiger partial charge in [-0.15, -0.1) is 0 Å². The quantitative estimate of drug-likeness (QED) is 0.406. The number of nitrogens with zero attached hydrogens (tertiary/aromatic N) is 4. The Morgan fingerprint density at radius 3 is 2.62 bits per heavy atom. The van der Waals surface area contributed by atoms with Gasteiger partial charge in [-0.25, -0.2) is 9.55 Å². The third-order valence-electron chi connectivity index (χ3n) is 6.33. The van der Waals surface area contributed by atoms with Crippen LogP contribution in [0.25, 0.3) is 11.2 Å². The number of ether oxygens (including phenoxy) is 3. The number of anilines is 1. The first-order valence-electron chi connectivity index (χ1n) is 11.3. The third-order valence-corrected chi connectivity index (χ3v) is 7.86. The molecule has 2 aromatic heterocycles. The first kappa shape index (κ1) is 24.3. The Morgan fingerprint density at radius 2 is 1.91 bits per heavy atom. The highest BCUT2D eigenvalue weighted by molar-refractivity contribution is 7.48. The van der Waals surface area contributed by atoms with E-state index >= 15 is 0 Å². The summed E-state index contributed by atoms with van der Waals surface area (Å²) in [7, 11) is -1.19. The van der Waals surface area contributed by atoms with Crippen molar-refractivity contribution in [1.29, 1.82) is 0 Å². The van der Waals surface area contributed by atoms with E-state index in [1.54, 1.807) is 10.9 Å². The summed E-state index contributed by atoms with van der Waals surface area (Å²) in [6, 6.07) is 0.331. The van der Waals surface area contributed by atoms with Gasteiger partial charge >= 0.3 is 7.82 Å². The number of imidazole rings is 1. The van der Waals surface area contributed by atoms with Crippen LogP contribution in [-0.2, 0) is 32.3 Å². The van der Waals surface area contributed by atoms with E-state index in [1.807, 2.05) is 13.8 Å². The van der Waals surface area contributed by atoms with Crippen molar-refractivity contribution >= 4 is 36.4 Å². The summed E-state index contributed by atoms with van der Waals surface area (Å²) >= 11 is 6.28. The number of hydrogen-bond acceptors (Lipinski definition) is 11. The molecule has 0 bridgehead atoms. The summed E-state index contributed by atoms with van der Waals surface area (Å²) < 4.78 is 47.8. The van der Waals surface area contributed by atoms with Crippen molar-refractivity contribution in [2.75, 3.05) is 26.1 Å². The molecule has 34 heavy (non-hydrogen) atoms. The molecule has 188 valence electrons. The van der Waals surface area contributed by atoms with Crippen molar-refractivity contribution in [3.8, 4) is 0 Å². The summed E-state index contributed by atoms with van der Waals surface area (Å²) in [6.07, 6.45) is 3.91. The van der Waals surface area contributed by atoms with Crippen LogP contribution >= 0.6 is 19.4 Å². The molecule has 12 nitrogen and oxygen atoms in total. The molecule has 0 radical (unpaired) electrons. The zero-order chi connectivity index (χ0) is 24.1. The molecule has 0 amide bonds. The standard InChI is InChI=1S/C20H29ClN5O7P/c1-20(2)32-14-12(9-30-34(27,28-3)29-4)31-18(15(14)33-20)26-10-22-13-16(23-11-7-5-6-8-11)24-19(21)25-17(13)26/h10-12,14-15,18H,5-9H2,1-4H3,(H,23,24,25)/t12-,14-,15-,18-/m1/s1. The van der Waals surface area contributed by atoms with Crippen molar-refractivity contribution in [1.82, 2.24) is 19.5 Å². The van der Waals surface area contributed by atoms with Crippen molar-refractivity contribution < 1.29 is 32.3 Å². The van der Waals surface area contributed by atoms with E-state index in [0.29, 0.717) is 23.0 Å². The predicted octanol–water partition coefficient (Wildman–Crippen LogP) is 3.67. The normalized spacial score (nSPS) is 29.2. The van der Waals surface area contributed by atoms with E-state index in [-0.39, 0.29) is 11.9 Å². The van der Waals surface area contributed by atoms with Gasteiger partial charge in [-0.1, -0.05) is 12.8 Å². The van der Waals surface area contributed by atoms with Gasteiger partial charge < -0.3 is 19.5 Å². The molecule has 2 saturated heterocycles. The largest absolute Gasteiger partial charge is 0.474 e. The van der Waals surface area contributed by atoms with E-state index in [4.69, 9.17) is 39.4 Å². The molecule has 1 N–H and O–H groups in total. The molecule has 1 aliphatic carbocycles. The summed E-state index contributed by atoms with van der Waals surface area (Å²) in [5, 5.41) is 3.57. The van der Waals surface area contributed by atoms with Crippen LogP contribution in [0.3, 0.4) is 0 Å². The highest BCUT2D eigenvalue weighted by Gasteiger charge is 2.56. The number of hydrogen-bond donors (Lipinski definition) is 1. The second-order valence-corrected chi connectivity index (χ2v) is 11.2. The molecule has 3 aliphatic rings. The van der Waals surface area contributed by atoms with Crippen LogP contribution in [0.15, 0.2) is 6.33 Å². The molecule has 3 fully saturated rings. The van der Waals surface area contributed by atoms with E-state index in [2.05, 4.69) is 20.3 Å². The lowest BCUT2D eigenvalue weighted by Crippen LogP contribution is -2.32. The fourth-order valence-electron chi connectivity index (χ4n) is 4.80. The molecule has 0 aromatic carbocycles. The van der Waals surface area contributed by atoms with E-state index in [1.165, 1.54) is 27.1 Å². The average molecular weight is 518 g/mol. The monoisotopic (exact) mass is 517 g/mol. The summed E-state index contributed by atoms with van der Waals surface area (Å²) in [4.78, 5) is 13.4. The number of nitrogens with one attached hydrogen (secondary N) is 1. The summed E-state index contributed by atoms with van der Waals surface area (Å²) in [5.74, 6) is -0.250. The van der Waals surface area contributed by atoms with Gasteiger partial charge in [0.15, 0.2) is 29.0 Å². The van der Waals surface area contributed by atoms with Crippen molar-refractivity contribution in [3.63, 3.8) is 0 Å². The Labute approximate surface area is 202 Å². The Morgan fingerprint density at radius 1 is 1.21 bits per heavy atom. The molecule has 2 aliphatic heterocycles. The minimum absolute atomic E-state index is 0.0904. The third kappa shape index (κ3) is 4.58. The van der Waals surface area contributed by atoms with Crippen molar-refractivity contribution in [3.05, 3.63) is 11.6 Å². The summed E-state index contributed by atoms with van der Waals surface area (Å²) in [6.45, 7) is 3.56. The van der Waals surface area contributed by atoms with Crippen LogP contribution in [0.1, 0.15) is 45.8 Å². The smallest absolute Gasteiger partial charge is 0.365 e. The lowest BCUT2D eigenvalue weighted by atomic mass is 10.1. The minimum atomic E-state index is -3.69. The molecule has 4 heterocycles. The maximum absolute atomic E-state index is 12.4. The highest BCUT2D eigenvalue weighted by atomic mass is 35.5. The molecular weight excluding hydrogens is 489 g/mol. The number of phosphoric acid groups is 1. The lowest BCUT2D eigenvalue weighted by molar-refractivity contribution is -0.199. The Hall–Kier alpha value is -1.37. The van der Waals surface area contributed by atoms with Gasteiger partial charge in [-0.2, -0.15) is 9.97 Å². The molecule has 1 saturated carbocycles. The van der Waals surface area contributed by atoms with Gasteiger partial charge in [0.05, 0.1) is 12.9 Å². The molecular formula is C20H29ClN5O7P. The van der Waals surface area contributed by atoms with Gasteiger partial charge in [0, 0.05) is 20.3 Å². The van der Waals surface area contributed by atoms with Crippen molar-refractivity contribution in [2.45, 2.75) is 75.9 Å². The Kier molecular flexibility index (Phi) is 6.62. The second-order valence-electron chi connectivity index (χ2n) is 9.03. The van der Waals surface area contributed by atoms with Crippen molar-refractivity contribution in [2.24, 2.45) is 0 Å². The average Bonchev–Trinajstić information content (AvgIpc) is 3.56. The molecule has 4 atom stereocenters. The van der Waals surface area contributed by atoms with Crippen LogP contribution < -0.4 is 5.32 Å². The zero-order valence-electron chi connectivity index (χ0n) is 19.5. The topological polar surface area (TPSA) is 128 Å². The Bertz CT molecular complexity index is 1090. The van der Waals surface area contributed by atoms with Crippen LogP contribution in [-0.4, -0.2) is 70.5 Å². The van der Waals surface area contributed by atoms with Gasteiger partial charge in [0.1, 0.15) is 18.3 Å². The van der Waals surface area contributed by atoms with Gasteiger partial charge in [-0.05, 0) is 38.3 Å². The molecule has 14 heteroatoms. The van der Waals surface area contributed by atoms with E-state index in [9.17, 15) is 4.57 Å². The molecule has 0 unspecified atom stereocenters. The number of phosphoric ester groups is 1. The maximum atomic E-state index is 12.4. The molecule has 5 rings (SSSR count). The summed E-state index contributed by atoms with van der Waals surface area (Å²) in [5.41, 5.74) is 1.11. The number of rotatable bonds is 8. The number of aromatic nitrogens is 4. The molecule has 2 aromatic rings. The van der Waals surface area contributed by atoms with Gasteiger partial charge in [0.2, 0.25) is 5.28 Å². The second kappa shape index (κ2) is 9.25. The van der Waals surface area contributed by atoms with Gasteiger partial charge in [-0.3, -0.25) is 18.1 Å². The first-order valence-corrected chi connectivity index (χ1v) is 13.1. The van der Waals surface area contributed by atoms with Crippen LogP contribution in [0.2, 0.25) is 5.28 Å². The first-order chi connectivity index (χ1) is 16.2. The minimum Gasteiger partial charge on any atom is -0.365 e. The highest BCUT2D eigenvalue weighted by Crippen LogP contribution is 2.50. The molecule has 0 spiro atoms. The fraction of sp³-hybridized carbons (Fsp3) is 0.750. The zero-order valence-corrected chi connectivity index (χ0v) is 21.1. The number of fused-ring (bicyclic) bond motifs is 2. The van der Waals surface area contributed by atoms with Gasteiger partial charge in [0.25, 0.3) is 0 Å². The fourth-order valence-corrected chi connectivity index (χ4v) is 5.66. The van der Waals surface area contributed by atoms with Crippen LogP contribution in [0.5, 0.6) is 0 Å². The van der Waals surface area contributed by atoms with Crippen LogP contribution in [0.4, 0.5) is 5.82 Å².